The molecule has 2 aromatic rings. The van der Waals surface area contributed by atoms with Gasteiger partial charge in [-0.1, -0.05) is 39.6 Å². The molecule has 0 fully saturated rings. The molecule has 0 bridgehead atoms. The highest BCUT2D eigenvalue weighted by atomic mass is 79.9. The monoisotopic (exact) mass is 497 g/mol. The van der Waals surface area contributed by atoms with Crippen LogP contribution in [0, 0.1) is 11.8 Å². The van der Waals surface area contributed by atoms with Crippen molar-refractivity contribution in [2.75, 3.05) is 6.61 Å². The van der Waals surface area contributed by atoms with E-state index in [9.17, 15) is 9.90 Å². The molecule has 0 radical (unpaired) electrons. The summed E-state index contributed by atoms with van der Waals surface area (Å²) in [5.74, 6) is -1.07. The summed E-state index contributed by atoms with van der Waals surface area (Å²) in [6, 6.07) is 4.84. The van der Waals surface area contributed by atoms with Crippen molar-refractivity contribution in [3.63, 3.8) is 0 Å². The minimum atomic E-state index is -1.20. The first-order valence-electron chi connectivity index (χ1n) is 10.2. The fourth-order valence-electron chi connectivity index (χ4n) is 3.24. The molecule has 0 spiro atoms. The average molecular weight is 498 g/mol. The molecule has 8 nitrogen and oxygen atoms in total. The fraction of sp³-hybridized carbons (Fsp3) is 0.650. The molecule has 0 saturated heterocycles. The van der Waals surface area contributed by atoms with E-state index in [0.29, 0.717) is 25.3 Å². The lowest BCUT2D eigenvalue weighted by Gasteiger charge is -2.25. The van der Waals surface area contributed by atoms with Gasteiger partial charge in [-0.05, 0) is 62.8 Å². The van der Waals surface area contributed by atoms with Crippen LogP contribution < -0.4 is 0 Å². The summed E-state index contributed by atoms with van der Waals surface area (Å²) in [7, 11) is -1.20. The van der Waals surface area contributed by atoms with Crippen LogP contribution in [0.5, 0.6) is 0 Å². The molecule has 0 aliphatic rings. The van der Waals surface area contributed by atoms with E-state index in [-0.39, 0.29) is 18.6 Å². The Morgan fingerprint density at radius 2 is 2.03 bits per heavy atom. The Hall–Kier alpha value is -1.65. The van der Waals surface area contributed by atoms with Gasteiger partial charge in [0.1, 0.15) is 11.3 Å². The number of carboxylic acid groups (broad SMARTS) is 1. The minimum absolute atomic E-state index is 0.218. The third kappa shape index (κ3) is 7.88. The third-order valence-electron chi connectivity index (χ3n) is 4.87. The van der Waals surface area contributed by atoms with E-state index in [1.807, 2.05) is 26.0 Å². The number of carbonyl (C=O) groups is 1. The van der Waals surface area contributed by atoms with Gasteiger partial charge in [-0.2, -0.15) is 0 Å². The normalized spacial score (nSPS) is 14.1. The Kier molecular flexibility index (Phi) is 9.11. The number of hydrogen-bond donors (Lipinski definition) is 1. The molecule has 0 amide bonds. The van der Waals surface area contributed by atoms with Crippen molar-refractivity contribution in [3.8, 4) is 0 Å². The zero-order valence-corrected chi connectivity index (χ0v) is 21.0. The summed E-state index contributed by atoms with van der Waals surface area (Å²) in [5, 5.41) is 22.1. The minimum Gasteiger partial charge on any atom is -0.481 e. The molecule has 2 heterocycles. The van der Waals surface area contributed by atoms with Gasteiger partial charge in [0.2, 0.25) is 0 Å². The standard InChI is InChI=1S/C20H32BrN5O3Si/c1-14(2)10-17(20(27)28)16(11-15-6-7-18(21)22-12-15)19-23-24-25-26(19)13-29-8-9-30(3,4)5/h6-7,12,14,16-17H,8-11,13H2,1-5H3,(H,27,28)/t16-,17?/m0/s1. The molecule has 30 heavy (non-hydrogen) atoms. The van der Waals surface area contributed by atoms with E-state index in [1.54, 1.807) is 10.9 Å². The number of halogens is 1. The van der Waals surface area contributed by atoms with Crippen LogP contribution in [0.3, 0.4) is 0 Å². The summed E-state index contributed by atoms with van der Waals surface area (Å²) < 4.78 is 8.15. The lowest BCUT2D eigenvalue weighted by Crippen LogP contribution is -2.28. The molecule has 10 heteroatoms. The zero-order valence-electron chi connectivity index (χ0n) is 18.4. The van der Waals surface area contributed by atoms with E-state index in [4.69, 9.17) is 4.74 Å². The molecular formula is C20H32BrN5O3Si. The van der Waals surface area contributed by atoms with Gasteiger partial charge in [0.25, 0.3) is 0 Å². The molecular weight excluding hydrogens is 466 g/mol. The largest absolute Gasteiger partial charge is 0.481 e. The smallest absolute Gasteiger partial charge is 0.307 e. The fourth-order valence-corrected chi connectivity index (χ4v) is 4.23. The first kappa shape index (κ1) is 24.6. The van der Waals surface area contributed by atoms with E-state index in [2.05, 4.69) is 56.1 Å². The Labute approximate surface area is 187 Å². The maximum atomic E-state index is 12.2. The van der Waals surface area contributed by atoms with Crippen LogP contribution >= 0.6 is 15.9 Å². The molecule has 2 rings (SSSR count). The number of rotatable bonds is 12. The highest BCUT2D eigenvalue weighted by molar-refractivity contribution is 9.10. The van der Waals surface area contributed by atoms with E-state index < -0.39 is 20.0 Å². The van der Waals surface area contributed by atoms with Crippen LogP contribution in [0.2, 0.25) is 25.7 Å². The van der Waals surface area contributed by atoms with E-state index in [1.165, 1.54) is 0 Å². The van der Waals surface area contributed by atoms with Gasteiger partial charge in [-0.3, -0.25) is 4.79 Å². The Balaban J connectivity index is 2.26. The summed E-state index contributed by atoms with van der Waals surface area (Å²) in [5.41, 5.74) is 0.937. The van der Waals surface area contributed by atoms with Crippen LogP contribution in [0.15, 0.2) is 22.9 Å². The topological polar surface area (TPSA) is 103 Å². The number of pyridine rings is 1. The number of hydrogen-bond acceptors (Lipinski definition) is 6. The first-order valence-corrected chi connectivity index (χ1v) is 14.7. The van der Waals surface area contributed by atoms with Crippen LogP contribution in [-0.2, 0) is 22.7 Å². The number of carboxylic acids is 1. The quantitative estimate of drug-likeness (QED) is 0.266. The third-order valence-corrected chi connectivity index (χ3v) is 7.05. The van der Waals surface area contributed by atoms with Crippen LogP contribution in [0.4, 0.5) is 0 Å². The number of aromatic nitrogens is 5. The van der Waals surface area contributed by atoms with Crippen LogP contribution in [0.25, 0.3) is 0 Å². The Bertz CT molecular complexity index is 808. The number of tetrazole rings is 1. The zero-order chi connectivity index (χ0) is 22.3. The summed E-state index contributed by atoms with van der Waals surface area (Å²) in [6.07, 6.45) is 2.77. The maximum absolute atomic E-state index is 12.2. The molecule has 1 unspecified atom stereocenters. The second-order valence-electron chi connectivity index (χ2n) is 9.26. The highest BCUT2D eigenvalue weighted by Gasteiger charge is 2.34. The van der Waals surface area contributed by atoms with E-state index in [0.717, 1.165) is 16.2 Å². The second-order valence-corrected chi connectivity index (χ2v) is 15.7. The lowest BCUT2D eigenvalue weighted by atomic mass is 9.81. The molecule has 0 saturated carbocycles. The van der Waals surface area contributed by atoms with Gasteiger partial charge in [-0.15, -0.1) is 5.10 Å². The summed E-state index contributed by atoms with van der Waals surface area (Å²) >= 11 is 3.34. The maximum Gasteiger partial charge on any atom is 0.307 e. The molecule has 2 aromatic heterocycles. The molecule has 0 aliphatic heterocycles. The predicted octanol–water partition coefficient (Wildman–Crippen LogP) is 4.22. The highest BCUT2D eigenvalue weighted by Crippen LogP contribution is 2.32. The van der Waals surface area contributed by atoms with E-state index >= 15 is 0 Å². The summed E-state index contributed by atoms with van der Waals surface area (Å²) in [4.78, 5) is 16.4. The number of ether oxygens (including phenoxy) is 1. The van der Waals surface area contributed by atoms with Gasteiger partial charge in [0.15, 0.2) is 5.82 Å². The predicted molar refractivity (Wildman–Crippen MR) is 121 cm³/mol. The van der Waals surface area contributed by atoms with Gasteiger partial charge in [-0.25, -0.2) is 9.67 Å². The van der Waals surface area contributed by atoms with Crippen molar-refractivity contribution < 1.29 is 14.6 Å². The Morgan fingerprint density at radius 1 is 1.30 bits per heavy atom. The van der Waals surface area contributed by atoms with Crippen molar-refractivity contribution in [2.45, 2.75) is 65.0 Å². The molecule has 166 valence electrons. The molecule has 0 aliphatic carbocycles. The average Bonchev–Trinajstić information content (AvgIpc) is 3.10. The van der Waals surface area contributed by atoms with Crippen molar-refractivity contribution in [2.24, 2.45) is 11.8 Å². The summed E-state index contributed by atoms with van der Waals surface area (Å²) in [6.45, 7) is 11.8. The number of aliphatic carboxylic acids is 1. The second kappa shape index (κ2) is 11.1. The molecule has 0 aromatic carbocycles. The van der Waals surface area contributed by atoms with Gasteiger partial charge in [0.05, 0.1) is 5.92 Å². The first-order chi connectivity index (χ1) is 14.1. The van der Waals surface area contributed by atoms with Crippen LogP contribution in [0.1, 0.15) is 37.6 Å². The van der Waals surface area contributed by atoms with Crippen molar-refractivity contribution in [1.29, 1.82) is 0 Å². The van der Waals surface area contributed by atoms with Gasteiger partial charge < -0.3 is 9.84 Å². The van der Waals surface area contributed by atoms with Gasteiger partial charge >= 0.3 is 5.97 Å². The number of nitrogens with zero attached hydrogens (tertiary/aromatic N) is 5. The lowest BCUT2D eigenvalue weighted by molar-refractivity contribution is -0.143. The molecule has 2 atom stereocenters. The van der Waals surface area contributed by atoms with Gasteiger partial charge in [0, 0.05) is 26.8 Å². The van der Waals surface area contributed by atoms with Crippen molar-refractivity contribution in [3.05, 3.63) is 34.3 Å². The van der Waals surface area contributed by atoms with Crippen LogP contribution in [-0.4, -0.2) is 50.9 Å². The molecule has 1 N–H and O–H groups in total. The van der Waals surface area contributed by atoms with Crippen molar-refractivity contribution >= 4 is 30.0 Å². The SMILES string of the molecule is CC(C)CC(C(=O)O)[C@H](Cc1ccc(Br)nc1)c1nnnn1COCC[Si](C)(C)C. The van der Waals surface area contributed by atoms with Crippen molar-refractivity contribution in [1.82, 2.24) is 25.2 Å². The Morgan fingerprint density at radius 3 is 2.60 bits per heavy atom.